The first kappa shape index (κ1) is 13.3. The molecule has 3 nitrogen and oxygen atoms in total. The Kier molecular flexibility index (Phi) is 3.97. The normalized spacial score (nSPS) is 11.4. The molecule has 0 aliphatic carbocycles. The SMILES string of the molecule is C/C(=C\c1cnccc1C(=O)O)c1ccc(Cl)cc1. The molecule has 2 rings (SSSR count). The van der Waals surface area contributed by atoms with Gasteiger partial charge in [-0.25, -0.2) is 4.79 Å². The summed E-state index contributed by atoms with van der Waals surface area (Å²) in [4.78, 5) is 15.1. The van der Waals surface area contributed by atoms with Crippen LogP contribution in [0.25, 0.3) is 11.6 Å². The lowest BCUT2D eigenvalue weighted by atomic mass is 10.0. The Morgan fingerprint density at radius 1 is 1.26 bits per heavy atom. The molecular formula is C15H12ClNO2. The second kappa shape index (κ2) is 5.67. The minimum atomic E-state index is -0.961. The van der Waals surface area contributed by atoms with Crippen LogP contribution in [0.5, 0.6) is 0 Å². The largest absolute Gasteiger partial charge is 0.478 e. The van der Waals surface area contributed by atoms with Crippen molar-refractivity contribution in [1.29, 1.82) is 0 Å². The number of benzene rings is 1. The fraction of sp³-hybridized carbons (Fsp3) is 0.0667. The fourth-order valence-electron chi connectivity index (χ4n) is 1.75. The molecule has 96 valence electrons. The molecule has 0 atom stereocenters. The van der Waals surface area contributed by atoms with Crippen LogP contribution in [0, 0.1) is 0 Å². The van der Waals surface area contributed by atoms with Crippen LogP contribution in [0.1, 0.15) is 28.4 Å². The van der Waals surface area contributed by atoms with Crippen LogP contribution in [-0.2, 0) is 0 Å². The van der Waals surface area contributed by atoms with Crippen molar-refractivity contribution >= 4 is 29.2 Å². The maximum atomic E-state index is 11.1. The molecule has 1 N–H and O–H groups in total. The van der Waals surface area contributed by atoms with Gasteiger partial charge in [-0.1, -0.05) is 23.7 Å². The summed E-state index contributed by atoms with van der Waals surface area (Å²) in [5.74, 6) is -0.961. The number of carbonyl (C=O) groups is 1. The first-order valence-corrected chi connectivity index (χ1v) is 6.07. The van der Waals surface area contributed by atoms with Gasteiger partial charge in [0.25, 0.3) is 0 Å². The summed E-state index contributed by atoms with van der Waals surface area (Å²) < 4.78 is 0. The lowest BCUT2D eigenvalue weighted by Gasteiger charge is -2.04. The van der Waals surface area contributed by atoms with Crippen molar-refractivity contribution in [3.8, 4) is 0 Å². The molecule has 0 saturated carbocycles. The summed E-state index contributed by atoms with van der Waals surface area (Å²) in [5.41, 5.74) is 2.77. The second-order valence-electron chi connectivity index (χ2n) is 4.10. The fourth-order valence-corrected chi connectivity index (χ4v) is 1.87. The molecular weight excluding hydrogens is 262 g/mol. The highest BCUT2D eigenvalue weighted by molar-refractivity contribution is 6.30. The van der Waals surface area contributed by atoms with E-state index in [1.165, 1.54) is 12.3 Å². The lowest BCUT2D eigenvalue weighted by Crippen LogP contribution is -1.99. The quantitative estimate of drug-likeness (QED) is 0.920. The molecule has 4 heteroatoms. The van der Waals surface area contributed by atoms with Gasteiger partial charge in [-0.3, -0.25) is 4.98 Å². The predicted octanol–water partition coefficient (Wildman–Crippen LogP) is 3.99. The number of pyridine rings is 1. The lowest BCUT2D eigenvalue weighted by molar-refractivity contribution is 0.0696. The van der Waals surface area contributed by atoms with E-state index in [0.717, 1.165) is 11.1 Å². The molecule has 0 unspecified atom stereocenters. The third-order valence-corrected chi connectivity index (χ3v) is 3.01. The second-order valence-corrected chi connectivity index (χ2v) is 4.54. The van der Waals surface area contributed by atoms with E-state index in [-0.39, 0.29) is 5.56 Å². The van der Waals surface area contributed by atoms with Gasteiger partial charge < -0.3 is 5.11 Å². The standard InChI is InChI=1S/C15H12ClNO2/c1-10(11-2-4-13(16)5-3-11)8-12-9-17-7-6-14(12)15(18)19/h2-9H,1H3,(H,18,19)/b10-8+. The predicted molar refractivity (Wildman–Crippen MR) is 76.2 cm³/mol. The summed E-state index contributed by atoms with van der Waals surface area (Å²) in [5, 5.41) is 9.78. The Bertz CT molecular complexity index is 633. The highest BCUT2D eigenvalue weighted by Crippen LogP contribution is 2.21. The zero-order valence-corrected chi connectivity index (χ0v) is 11.1. The van der Waals surface area contributed by atoms with Crippen molar-refractivity contribution in [2.75, 3.05) is 0 Å². The van der Waals surface area contributed by atoms with Gasteiger partial charge in [-0.05, 0) is 42.3 Å². The van der Waals surface area contributed by atoms with Gasteiger partial charge in [0.05, 0.1) is 5.56 Å². The first-order chi connectivity index (χ1) is 9.08. The molecule has 0 spiro atoms. The smallest absolute Gasteiger partial charge is 0.336 e. The van der Waals surface area contributed by atoms with Crippen molar-refractivity contribution in [3.63, 3.8) is 0 Å². The Morgan fingerprint density at radius 3 is 2.58 bits per heavy atom. The maximum Gasteiger partial charge on any atom is 0.336 e. The molecule has 0 bridgehead atoms. The molecule has 0 aliphatic heterocycles. The van der Waals surface area contributed by atoms with Crippen LogP contribution in [0.15, 0.2) is 42.7 Å². The monoisotopic (exact) mass is 273 g/mol. The maximum absolute atomic E-state index is 11.1. The summed E-state index contributed by atoms with van der Waals surface area (Å²) in [6.45, 7) is 1.92. The van der Waals surface area contributed by atoms with Gasteiger partial charge in [-0.15, -0.1) is 0 Å². The molecule has 0 aliphatic rings. The summed E-state index contributed by atoms with van der Waals surface area (Å²) in [6.07, 6.45) is 4.82. The highest BCUT2D eigenvalue weighted by Gasteiger charge is 2.08. The van der Waals surface area contributed by atoms with Crippen LogP contribution in [0.4, 0.5) is 0 Å². The van der Waals surface area contributed by atoms with E-state index in [1.54, 1.807) is 24.4 Å². The van der Waals surface area contributed by atoms with Gasteiger partial charge >= 0.3 is 5.97 Å². The Balaban J connectivity index is 2.41. The van der Waals surface area contributed by atoms with Crippen molar-refractivity contribution in [3.05, 3.63) is 64.4 Å². The van der Waals surface area contributed by atoms with Gasteiger partial charge in [0.1, 0.15) is 0 Å². The number of hydrogen-bond donors (Lipinski definition) is 1. The van der Waals surface area contributed by atoms with Gasteiger partial charge in [0, 0.05) is 23.0 Å². The van der Waals surface area contributed by atoms with Crippen molar-refractivity contribution in [1.82, 2.24) is 4.98 Å². The Morgan fingerprint density at radius 2 is 1.95 bits per heavy atom. The van der Waals surface area contributed by atoms with E-state index >= 15 is 0 Å². The molecule has 0 saturated heterocycles. The van der Waals surface area contributed by atoms with Crippen molar-refractivity contribution < 1.29 is 9.90 Å². The van der Waals surface area contributed by atoms with Crippen LogP contribution >= 0.6 is 11.6 Å². The number of carboxylic acids is 1. The molecule has 0 radical (unpaired) electrons. The van der Waals surface area contributed by atoms with E-state index in [1.807, 2.05) is 19.1 Å². The number of allylic oxidation sites excluding steroid dienone is 1. The average Bonchev–Trinajstić information content (AvgIpc) is 2.39. The van der Waals surface area contributed by atoms with Crippen LogP contribution in [0.2, 0.25) is 5.02 Å². The zero-order valence-electron chi connectivity index (χ0n) is 10.3. The number of hydrogen-bond acceptors (Lipinski definition) is 2. The van der Waals surface area contributed by atoms with E-state index in [9.17, 15) is 4.79 Å². The summed E-state index contributed by atoms with van der Waals surface area (Å²) in [6, 6.07) is 8.88. The summed E-state index contributed by atoms with van der Waals surface area (Å²) in [7, 11) is 0. The highest BCUT2D eigenvalue weighted by atomic mass is 35.5. The van der Waals surface area contributed by atoms with E-state index in [0.29, 0.717) is 10.6 Å². The first-order valence-electron chi connectivity index (χ1n) is 5.69. The van der Waals surface area contributed by atoms with Crippen molar-refractivity contribution in [2.45, 2.75) is 6.92 Å². The molecule has 2 aromatic rings. The van der Waals surface area contributed by atoms with Crippen molar-refractivity contribution in [2.24, 2.45) is 0 Å². The molecule has 1 aromatic heterocycles. The summed E-state index contributed by atoms with van der Waals surface area (Å²) >= 11 is 5.84. The molecule has 0 amide bonds. The molecule has 0 fully saturated rings. The van der Waals surface area contributed by atoms with Crippen LogP contribution < -0.4 is 0 Å². The topological polar surface area (TPSA) is 50.2 Å². The number of rotatable bonds is 3. The van der Waals surface area contributed by atoms with Gasteiger partial charge in [0.2, 0.25) is 0 Å². The molecule has 1 aromatic carbocycles. The molecule has 1 heterocycles. The Labute approximate surface area is 116 Å². The van der Waals surface area contributed by atoms with Gasteiger partial charge in [0.15, 0.2) is 0 Å². The van der Waals surface area contributed by atoms with Gasteiger partial charge in [-0.2, -0.15) is 0 Å². The van der Waals surface area contributed by atoms with E-state index in [4.69, 9.17) is 16.7 Å². The zero-order chi connectivity index (χ0) is 13.8. The molecule has 19 heavy (non-hydrogen) atoms. The number of halogens is 1. The van der Waals surface area contributed by atoms with E-state index in [2.05, 4.69) is 4.98 Å². The number of carboxylic acid groups (broad SMARTS) is 1. The van der Waals surface area contributed by atoms with Crippen LogP contribution in [-0.4, -0.2) is 16.1 Å². The minimum absolute atomic E-state index is 0.239. The Hall–Kier alpha value is -2.13. The average molecular weight is 274 g/mol. The third kappa shape index (κ3) is 3.20. The van der Waals surface area contributed by atoms with E-state index < -0.39 is 5.97 Å². The number of nitrogens with zero attached hydrogens (tertiary/aromatic N) is 1. The van der Waals surface area contributed by atoms with Crippen LogP contribution in [0.3, 0.4) is 0 Å². The number of aromatic carboxylic acids is 1. The minimum Gasteiger partial charge on any atom is -0.478 e. The third-order valence-electron chi connectivity index (χ3n) is 2.75. The number of aromatic nitrogens is 1.